The summed E-state index contributed by atoms with van der Waals surface area (Å²) in [5.41, 5.74) is 0.455. The van der Waals surface area contributed by atoms with E-state index in [9.17, 15) is 18.0 Å². The third kappa shape index (κ3) is 4.26. The van der Waals surface area contributed by atoms with Crippen LogP contribution in [0, 0.1) is 0 Å². The molecule has 0 radical (unpaired) electrons. The van der Waals surface area contributed by atoms with E-state index in [1.54, 1.807) is 0 Å². The second kappa shape index (κ2) is 7.04. The Labute approximate surface area is 138 Å². The molecule has 2 amide bonds. The molecule has 10 heteroatoms. The first-order valence-corrected chi connectivity index (χ1v) is 8.11. The van der Waals surface area contributed by atoms with Crippen molar-refractivity contribution in [3.05, 3.63) is 42.4 Å². The summed E-state index contributed by atoms with van der Waals surface area (Å²) in [4.78, 5) is 30.5. The molecule has 9 nitrogen and oxygen atoms in total. The number of anilines is 1. The second-order valence-electron chi connectivity index (χ2n) is 4.59. The highest BCUT2D eigenvalue weighted by Gasteiger charge is 2.15. The lowest BCUT2D eigenvalue weighted by Gasteiger charge is -2.07. The van der Waals surface area contributed by atoms with E-state index in [4.69, 9.17) is 4.74 Å². The van der Waals surface area contributed by atoms with Crippen LogP contribution in [-0.2, 0) is 14.8 Å². The minimum absolute atomic E-state index is 0.0943. The van der Waals surface area contributed by atoms with Gasteiger partial charge in [-0.1, -0.05) is 0 Å². The Balaban J connectivity index is 2.14. The summed E-state index contributed by atoms with van der Waals surface area (Å²) < 4.78 is 30.4. The molecule has 0 spiro atoms. The lowest BCUT2D eigenvalue weighted by atomic mass is 10.3. The first-order valence-electron chi connectivity index (χ1n) is 6.62. The van der Waals surface area contributed by atoms with Crippen LogP contribution in [0.15, 0.2) is 41.6 Å². The fourth-order valence-electron chi connectivity index (χ4n) is 1.74. The van der Waals surface area contributed by atoms with Gasteiger partial charge in [-0.25, -0.2) is 23.1 Å². The smallest absolute Gasteiger partial charge is 0.274 e. The van der Waals surface area contributed by atoms with E-state index in [2.05, 4.69) is 15.3 Å². The highest BCUT2D eigenvalue weighted by Crippen LogP contribution is 2.15. The standard InChI is InChI=1S/C14H14N4O5S/c1-9(19)18-24(21,22)11-5-3-10(4-6-11)17-14(20)12-7-13(23-2)16-8-15-12/h3-8H,1-2H3,(H,17,20)(H,18,19). The third-order valence-corrected chi connectivity index (χ3v) is 4.23. The molecule has 0 aliphatic carbocycles. The van der Waals surface area contributed by atoms with Crippen molar-refractivity contribution in [2.45, 2.75) is 11.8 Å². The summed E-state index contributed by atoms with van der Waals surface area (Å²) in [7, 11) is -2.50. The van der Waals surface area contributed by atoms with Crippen LogP contribution in [0.1, 0.15) is 17.4 Å². The van der Waals surface area contributed by atoms with Gasteiger partial charge in [0.25, 0.3) is 15.9 Å². The molecule has 0 saturated heterocycles. The number of sulfonamides is 1. The summed E-state index contributed by atoms with van der Waals surface area (Å²) in [6.07, 6.45) is 1.19. The van der Waals surface area contributed by atoms with Crippen LogP contribution in [-0.4, -0.2) is 37.3 Å². The molecular formula is C14H14N4O5S. The molecule has 0 unspecified atom stereocenters. The molecule has 1 aromatic carbocycles. The van der Waals surface area contributed by atoms with Gasteiger partial charge in [0.2, 0.25) is 11.8 Å². The first-order chi connectivity index (χ1) is 11.3. The zero-order chi connectivity index (χ0) is 17.7. The van der Waals surface area contributed by atoms with Crippen LogP contribution in [0.3, 0.4) is 0 Å². The summed E-state index contributed by atoms with van der Waals surface area (Å²) >= 11 is 0. The Morgan fingerprint density at radius 3 is 2.38 bits per heavy atom. The van der Waals surface area contributed by atoms with Crippen LogP contribution >= 0.6 is 0 Å². The molecule has 1 aromatic heterocycles. The van der Waals surface area contributed by atoms with Gasteiger partial charge in [-0.2, -0.15) is 0 Å². The maximum atomic E-state index is 12.1. The first kappa shape index (κ1) is 17.3. The quantitative estimate of drug-likeness (QED) is 0.806. The second-order valence-corrected chi connectivity index (χ2v) is 6.27. The van der Waals surface area contributed by atoms with E-state index in [-0.39, 0.29) is 16.5 Å². The SMILES string of the molecule is COc1cc(C(=O)Nc2ccc(S(=O)(=O)NC(C)=O)cc2)ncn1. The van der Waals surface area contributed by atoms with E-state index >= 15 is 0 Å². The van der Waals surface area contributed by atoms with E-state index in [1.165, 1.54) is 43.8 Å². The Morgan fingerprint density at radius 2 is 1.79 bits per heavy atom. The van der Waals surface area contributed by atoms with Crippen LogP contribution in [0.4, 0.5) is 5.69 Å². The van der Waals surface area contributed by atoms with E-state index in [0.717, 1.165) is 6.92 Å². The molecule has 0 aliphatic rings. The molecule has 1 heterocycles. The molecule has 24 heavy (non-hydrogen) atoms. The maximum Gasteiger partial charge on any atom is 0.274 e. The Morgan fingerprint density at radius 1 is 1.12 bits per heavy atom. The Hall–Kier alpha value is -3.01. The highest BCUT2D eigenvalue weighted by molar-refractivity contribution is 7.90. The summed E-state index contributed by atoms with van der Waals surface area (Å²) in [6.45, 7) is 1.10. The lowest BCUT2D eigenvalue weighted by Crippen LogP contribution is -2.28. The molecule has 0 bridgehead atoms. The van der Waals surface area contributed by atoms with Gasteiger partial charge in [0.1, 0.15) is 12.0 Å². The van der Waals surface area contributed by atoms with E-state index in [0.29, 0.717) is 5.69 Å². The van der Waals surface area contributed by atoms with Crippen molar-refractivity contribution in [3.8, 4) is 5.88 Å². The zero-order valence-corrected chi connectivity index (χ0v) is 13.6. The largest absolute Gasteiger partial charge is 0.481 e. The summed E-state index contributed by atoms with van der Waals surface area (Å²) in [6, 6.07) is 6.68. The van der Waals surface area contributed by atoms with Crippen molar-refractivity contribution in [2.24, 2.45) is 0 Å². The third-order valence-electron chi connectivity index (χ3n) is 2.78. The van der Waals surface area contributed by atoms with Crippen LogP contribution in [0.5, 0.6) is 5.88 Å². The average Bonchev–Trinajstić information content (AvgIpc) is 2.54. The number of nitrogens with zero attached hydrogens (tertiary/aromatic N) is 2. The molecule has 0 saturated carbocycles. The van der Waals surface area contributed by atoms with Crippen molar-refractivity contribution in [1.29, 1.82) is 0 Å². The van der Waals surface area contributed by atoms with Gasteiger partial charge in [0.15, 0.2) is 0 Å². The number of ether oxygens (including phenoxy) is 1. The molecule has 0 atom stereocenters. The number of carbonyl (C=O) groups excluding carboxylic acids is 2. The predicted octanol–water partition coefficient (Wildman–Crippen LogP) is 0.562. The van der Waals surface area contributed by atoms with Gasteiger partial charge in [-0.05, 0) is 24.3 Å². The van der Waals surface area contributed by atoms with Crippen molar-refractivity contribution < 1.29 is 22.7 Å². The van der Waals surface area contributed by atoms with Gasteiger partial charge in [0, 0.05) is 18.7 Å². The number of hydrogen-bond donors (Lipinski definition) is 2. The molecule has 2 rings (SSSR count). The number of methoxy groups -OCH3 is 1. The van der Waals surface area contributed by atoms with Crippen molar-refractivity contribution in [3.63, 3.8) is 0 Å². The van der Waals surface area contributed by atoms with Crippen molar-refractivity contribution in [2.75, 3.05) is 12.4 Å². The van der Waals surface area contributed by atoms with Gasteiger partial charge in [0.05, 0.1) is 12.0 Å². The fourth-order valence-corrected chi connectivity index (χ4v) is 2.73. The Kier molecular flexibility index (Phi) is 5.09. The molecule has 0 aliphatic heterocycles. The fraction of sp³-hybridized carbons (Fsp3) is 0.143. The van der Waals surface area contributed by atoms with Crippen molar-refractivity contribution in [1.82, 2.24) is 14.7 Å². The zero-order valence-electron chi connectivity index (χ0n) is 12.8. The number of amides is 2. The normalized spacial score (nSPS) is 10.8. The summed E-state index contributed by atoms with van der Waals surface area (Å²) in [5, 5.41) is 2.56. The number of aromatic nitrogens is 2. The topological polar surface area (TPSA) is 127 Å². The molecule has 2 N–H and O–H groups in total. The van der Waals surface area contributed by atoms with Crippen LogP contribution in [0.2, 0.25) is 0 Å². The summed E-state index contributed by atoms with van der Waals surface area (Å²) in [5.74, 6) is -0.954. The number of rotatable bonds is 5. The highest BCUT2D eigenvalue weighted by atomic mass is 32.2. The minimum Gasteiger partial charge on any atom is -0.481 e. The lowest BCUT2D eigenvalue weighted by molar-refractivity contribution is -0.117. The molecule has 0 fully saturated rings. The average molecular weight is 350 g/mol. The van der Waals surface area contributed by atoms with Gasteiger partial charge < -0.3 is 10.1 Å². The Bertz CT molecular complexity index is 865. The molecule has 126 valence electrons. The molecule has 2 aromatic rings. The predicted molar refractivity (Wildman–Crippen MR) is 84.0 cm³/mol. The van der Waals surface area contributed by atoms with E-state index < -0.39 is 21.8 Å². The maximum absolute atomic E-state index is 12.1. The monoisotopic (exact) mass is 350 g/mol. The van der Waals surface area contributed by atoms with Crippen LogP contribution < -0.4 is 14.8 Å². The molecular weight excluding hydrogens is 336 g/mol. The van der Waals surface area contributed by atoms with Gasteiger partial charge in [-0.3, -0.25) is 9.59 Å². The number of benzene rings is 1. The number of carbonyl (C=O) groups is 2. The number of nitrogens with one attached hydrogen (secondary N) is 2. The van der Waals surface area contributed by atoms with Gasteiger partial charge in [-0.15, -0.1) is 0 Å². The van der Waals surface area contributed by atoms with Crippen molar-refractivity contribution >= 4 is 27.5 Å². The minimum atomic E-state index is -3.92. The number of hydrogen-bond acceptors (Lipinski definition) is 7. The van der Waals surface area contributed by atoms with Gasteiger partial charge >= 0.3 is 0 Å². The van der Waals surface area contributed by atoms with Crippen LogP contribution in [0.25, 0.3) is 0 Å². The van der Waals surface area contributed by atoms with E-state index in [1.807, 2.05) is 4.72 Å².